The summed E-state index contributed by atoms with van der Waals surface area (Å²) < 4.78 is 11.8. The number of likely N-dealkylation sites (N-methyl/N-ethyl adjacent to an activating group) is 2. The highest BCUT2D eigenvalue weighted by Crippen LogP contribution is 2.36. The zero-order valence-electron chi connectivity index (χ0n) is 15.2. The Morgan fingerprint density at radius 2 is 2.08 bits per heavy atom. The second-order valence-electron chi connectivity index (χ2n) is 6.27. The monoisotopic (exact) mass is 413 g/mol. The molecule has 1 amide bonds. The summed E-state index contributed by atoms with van der Waals surface area (Å²) in [5.74, 6) is 0.958. The molecule has 1 aliphatic rings. The third kappa shape index (κ3) is 5.61. The van der Waals surface area contributed by atoms with E-state index >= 15 is 0 Å². The number of carbonyl (C=O) groups is 1. The van der Waals surface area contributed by atoms with Gasteiger partial charge in [-0.15, -0.1) is 0 Å². The van der Waals surface area contributed by atoms with Gasteiger partial charge in [0.1, 0.15) is 0 Å². The maximum Gasteiger partial charge on any atom is 0.259 e. The van der Waals surface area contributed by atoms with E-state index in [-0.39, 0.29) is 12.5 Å². The lowest BCUT2D eigenvalue weighted by molar-refractivity contribution is -0.884. The minimum atomic E-state index is -0.114. The van der Waals surface area contributed by atoms with Crippen LogP contribution in [0.5, 0.6) is 11.5 Å². The first-order chi connectivity index (χ1) is 11.9. The molecule has 0 bridgehead atoms. The number of amides is 1. The number of hydrazone groups is 1. The Kier molecular flexibility index (Phi) is 7.07. The minimum Gasteiger partial charge on any atom is -0.493 e. The maximum absolute atomic E-state index is 11.7. The molecule has 0 unspecified atom stereocenters. The van der Waals surface area contributed by atoms with Crippen LogP contribution in [0.25, 0.3) is 0 Å². The fourth-order valence-corrected chi connectivity index (χ4v) is 2.93. The van der Waals surface area contributed by atoms with Gasteiger partial charge in [0.2, 0.25) is 0 Å². The Balaban J connectivity index is 2.08. The van der Waals surface area contributed by atoms with Gasteiger partial charge in [0.25, 0.3) is 5.91 Å². The molecular weight excluding hydrogens is 388 g/mol. The van der Waals surface area contributed by atoms with Gasteiger partial charge in [0.05, 0.1) is 51.0 Å². The summed E-state index contributed by atoms with van der Waals surface area (Å²) in [4.78, 5) is 14.7. The number of quaternary nitrogens is 1. The Labute approximate surface area is 157 Å². The third-order valence-electron chi connectivity index (χ3n) is 4.05. The molecule has 0 atom stereocenters. The highest BCUT2D eigenvalue weighted by molar-refractivity contribution is 9.10. The Morgan fingerprint density at radius 1 is 1.40 bits per heavy atom. The van der Waals surface area contributed by atoms with E-state index in [9.17, 15) is 4.79 Å². The molecule has 138 valence electrons. The fraction of sp³-hybridized carbons (Fsp3) is 0.529. The highest BCUT2D eigenvalue weighted by atomic mass is 79.9. The van der Waals surface area contributed by atoms with Gasteiger partial charge in [-0.05, 0) is 33.6 Å². The van der Waals surface area contributed by atoms with Crippen molar-refractivity contribution in [1.82, 2.24) is 9.91 Å². The summed E-state index contributed by atoms with van der Waals surface area (Å²) >= 11 is 3.49. The Morgan fingerprint density at radius 3 is 2.68 bits per heavy atom. The van der Waals surface area contributed by atoms with E-state index in [0.29, 0.717) is 11.5 Å². The zero-order valence-corrected chi connectivity index (χ0v) is 16.8. The summed E-state index contributed by atoms with van der Waals surface area (Å²) in [5, 5.41) is 6.63. The van der Waals surface area contributed by atoms with Crippen LogP contribution < -0.4 is 14.4 Å². The first-order valence-corrected chi connectivity index (χ1v) is 9.00. The van der Waals surface area contributed by atoms with Crippen molar-refractivity contribution in [2.75, 3.05) is 61.0 Å². The first kappa shape index (κ1) is 19.5. The van der Waals surface area contributed by atoms with Crippen molar-refractivity contribution in [2.45, 2.75) is 0 Å². The van der Waals surface area contributed by atoms with Crippen LogP contribution in [-0.4, -0.2) is 83.1 Å². The zero-order chi connectivity index (χ0) is 18.4. The number of hydrogen-bond donors (Lipinski definition) is 1. The number of nitrogens with zero attached hydrogens (tertiary/aromatic N) is 3. The number of carbonyl (C=O) groups excluding carboxylic acids is 1. The van der Waals surface area contributed by atoms with Gasteiger partial charge in [-0.2, -0.15) is 5.10 Å². The van der Waals surface area contributed by atoms with E-state index in [1.54, 1.807) is 21.2 Å². The molecule has 0 aliphatic carbocycles. The van der Waals surface area contributed by atoms with E-state index in [1.165, 1.54) is 9.80 Å². The van der Waals surface area contributed by atoms with Crippen LogP contribution in [-0.2, 0) is 4.79 Å². The molecule has 0 spiro atoms. The van der Waals surface area contributed by atoms with Crippen molar-refractivity contribution < 1.29 is 19.2 Å². The summed E-state index contributed by atoms with van der Waals surface area (Å²) in [6, 6.07) is 3.76. The second-order valence-corrected chi connectivity index (χ2v) is 7.12. The molecule has 1 aromatic rings. The van der Waals surface area contributed by atoms with Crippen LogP contribution >= 0.6 is 15.9 Å². The Bertz CT molecular complexity index is 629. The lowest BCUT2D eigenvalue weighted by atomic mass is 10.2. The van der Waals surface area contributed by atoms with E-state index in [2.05, 4.69) is 33.1 Å². The van der Waals surface area contributed by atoms with Gasteiger partial charge in [-0.1, -0.05) is 0 Å². The molecule has 1 aromatic carbocycles. The highest BCUT2D eigenvalue weighted by Gasteiger charge is 2.16. The average Bonchev–Trinajstić information content (AvgIpc) is 2.59. The number of rotatable bonds is 6. The topological polar surface area (TPSA) is 58.8 Å². The molecule has 8 heteroatoms. The number of methoxy groups -OCH3 is 1. The van der Waals surface area contributed by atoms with Crippen LogP contribution in [0.4, 0.5) is 0 Å². The quantitative estimate of drug-likeness (QED) is 0.671. The van der Waals surface area contributed by atoms with Gasteiger partial charge in [-0.3, -0.25) is 9.80 Å². The molecule has 0 saturated carbocycles. The average molecular weight is 414 g/mol. The van der Waals surface area contributed by atoms with Crippen molar-refractivity contribution in [2.24, 2.45) is 5.10 Å². The van der Waals surface area contributed by atoms with E-state index < -0.39 is 0 Å². The smallest absolute Gasteiger partial charge is 0.259 e. The van der Waals surface area contributed by atoms with Gasteiger partial charge in [0, 0.05) is 14.1 Å². The van der Waals surface area contributed by atoms with Gasteiger partial charge < -0.3 is 19.3 Å². The molecule has 7 nitrogen and oxygen atoms in total. The number of ether oxygens (including phenoxy) is 2. The maximum atomic E-state index is 11.7. The predicted molar refractivity (Wildman–Crippen MR) is 101 cm³/mol. The number of benzene rings is 1. The van der Waals surface area contributed by atoms with Gasteiger partial charge in [0.15, 0.2) is 18.1 Å². The molecule has 0 aromatic heterocycles. The summed E-state index contributed by atoms with van der Waals surface area (Å²) in [5.41, 5.74) is 0.904. The van der Waals surface area contributed by atoms with Crippen molar-refractivity contribution >= 4 is 28.1 Å². The molecule has 1 aliphatic heterocycles. The lowest BCUT2D eigenvalue weighted by Gasteiger charge is -2.27. The number of halogens is 1. The lowest BCUT2D eigenvalue weighted by Crippen LogP contribution is -3.11. The van der Waals surface area contributed by atoms with Crippen LogP contribution in [0, 0.1) is 0 Å². The predicted octanol–water partition coefficient (Wildman–Crippen LogP) is 0.0889. The summed E-state index contributed by atoms with van der Waals surface area (Å²) in [7, 11) is 7.16. The molecule has 25 heavy (non-hydrogen) atoms. The van der Waals surface area contributed by atoms with Crippen molar-refractivity contribution in [3.63, 3.8) is 0 Å². The number of piperazine rings is 1. The standard InChI is InChI=1S/C17H25BrN4O3/c1-20(2)16(23)12-25-17-14(18)9-13(10-15(17)24-4)11-19-22-7-5-21(3)6-8-22/h9-11H,5-8,12H2,1-4H3/p+1/b19-11-. The molecule has 1 heterocycles. The molecule has 1 N–H and O–H groups in total. The molecule has 2 rings (SSSR count). The van der Waals surface area contributed by atoms with Crippen LogP contribution in [0.3, 0.4) is 0 Å². The minimum absolute atomic E-state index is 0.0426. The summed E-state index contributed by atoms with van der Waals surface area (Å²) in [6.45, 7) is 4.05. The van der Waals surface area contributed by atoms with Crippen molar-refractivity contribution in [3.8, 4) is 11.5 Å². The van der Waals surface area contributed by atoms with Crippen LogP contribution in [0.2, 0.25) is 0 Å². The van der Waals surface area contributed by atoms with Crippen LogP contribution in [0.1, 0.15) is 5.56 Å². The summed E-state index contributed by atoms with van der Waals surface area (Å²) in [6.07, 6.45) is 1.82. The van der Waals surface area contributed by atoms with Crippen molar-refractivity contribution in [1.29, 1.82) is 0 Å². The fourth-order valence-electron chi connectivity index (χ4n) is 2.36. The van der Waals surface area contributed by atoms with E-state index in [4.69, 9.17) is 9.47 Å². The first-order valence-electron chi connectivity index (χ1n) is 8.21. The SMILES string of the molecule is COc1cc(/C=N\N2CC[NH+](C)CC2)cc(Br)c1OCC(=O)N(C)C. The molecule has 0 radical (unpaired) electrons. The van der Waals surface area contributed by atoms with E-state index in [0.717, 1.165) is 36.2 Å². The largest absolute Gasteiger partial charge is 0.493 e. The normalized spacial score (nSPS) is 15.5. The Hall–Kier alpha value is -1.80. The van der Waals surface area contributed by atoms with Crippen molar-refractivity contribution in [3.05, 3.63) is 22.2 Å². The third-order valence-corrected chi connectivity index (χ3v) is 4.64. The molecule has 1 fully saturated rings. The molecular formula is C17H26BrN4O3+. The van der Waals surface area contributed by atoms with E-state index in [1.807, 2.05) is 18.3 Å². The van der Waals surface area contributed by atoms with Gasteiger partial charge in [-0.25, -0.2) is 0 Å². The van der Waals surface area contributed by atoms with Gasteiger partial charge >= 0.3 is 0 Å². The van der Waals surface area contributed by atoms with Crippen LogP contribution in [0.15, 0.2) is 21.7 Å². The molecule has 1 saturated heterocycles. The second kappa shape index (κ2) is 9.05. The number of nitrogens with one attached hydrogen (secondary N) is 1. The number of hydrogen-bond acceptors (Lipinski definition) is 5.